The minimum atomic E-state index is 0.802. The molecule has 1 fully saturated rings. The van der Waals surface area contributed by atoms with Crippen molar-refractivity contribution < 1.29 is 0 Å². The lowest BCUT2D eigenvalue weighted by molar-refractivity contribution is 1.02. The summed E-state index contributed by atoms with van der Waals surface area (Å²) in [6.45, 7) is 2.98. The maximum Gasteiger partial charge on any atom is 0.0361 e. The topological polar surface area (TPSA) is 12.4 Å². The van der Waals surface area contributed by atoms with E-state index in [0.717, 1.165) is 18.9 Å². The van der Waals surface area contributed by atoms with Crippen molar-refractivity contribution in [2.24, 2.45) is 10.9 Å². The number of rotatable bonds is 3. The summed E-state index contributed by atoms with van der Waals surface area (Å²) in [4.78, 5) is 4.37. The molecule has 0 N–H and O–H groups in total. The first kappa shape index (κ1) is 9.45. The summed E-state index contributed by atoms with van der Waals surface area (Å²) in [5.74, 6) is 0.802. The van der Waals surface area contributed by atoms with Crippen molar-refractivity contribution in [3.63, 3.8) is 0 Å². The predicted molar refractivity (Wildman–Crippen MR) is 61.7 cm³/mol. The molecule has 0 aromatic heterocycles. The van der Waals surface area contributed by atoms with Crippen molar-refractivity contribution in [2.45, 2.75) is 26.2 Å². The molecule has 74 valence electrons. The van der Waals surface area contributed by atoms with E-state index in [9.17, 15) is 0 Å². The lowest BCUT2D eigenvalue weighted by Gasteiger charge is -2.08. The summed E-state index contributed by atoms with van der Waals surface area (Å²) < 4.78 is 0. The Balaban J connectivity index is 2.19. The Kier molecular flexibility index (Phi) is 2.97. The fourth-order valence-corrected chi connectivity index (χ4v) is 1.76. The molecule has 0 aromatic carbocycles. The highest BCUT2D eigenvalue weighted by Crippen LogP contribution is 2.38. The molecule has 0 aromatic rings. The van der Waals surface area contributed by atoms with E-state index >= 15 is 0 Å². The van der Waals surface area contributed by atoms with Gasteiger partial charge >= 0.3 is 0 Å². The Labute approximate surface area is 85.9 Å². The largest absolute Gasteiger partial charge is 0.293 e. The van der Waals surface area contributed by atoms with Crippen molar-refractivity contribution in [2.75, 3.05) is 6.54 Å². The van der Waals surface area contributed by atoms with Crippen LogP contribution >= 0.6 is 0 Å². The van der Waals surface area contributed by atoms with Gasteiger partial charge in [-0.2, -0.15) is 0 Å². The van der Waals surface area contributed by atoms with Crippen molar-refractivity contribution in [1.29, 1.82) is 0 Å². The first-order valence-corrected chi connectivity index (χ1v) is 5.48. The zero-order valence-corrected chi connectivity index (χ0v) is 8.74. The molecule has 1 saturated carbocycles. The summed E-state index contributed by atoms with van der Waals surface area (Å²) in [5.41, 5.74) is 2.94. The summed E-state index contributed by atoms with van der Waals surface area (Å²) in [7, 11) is 0. The summed E-state index contributed by atoms with van der Waals surface area (Å²) in [6.07, 6.45) is 14.6. The van der Waals surface area contributed by atoms with Crippen LogP contribution in [0.2, 0.25) is 0 Å². The molecule has 2 rings (SSSR count). The summed E-state index contributed by atoms with van der Waals surface area (Å²) in [6, 6.07) is 0. The number of hydrogen-bond acceptors (Lipinski definition) is 1. The van der Waals surface area contributed by atoms with Crippen LogP contribution in [0.1, 0.15) is 26.2 Å². The third-order valence-electron chi connectivity index (χ3n) is 2.68. The highest BCUT2D eigenvalue weighted by Gasteiger charge is 2.26. The first-order chi connectivity index (χ1) is 6.92. The summed E-state index contributed by atoms with van der Waals surface area (Å²) in [5, 5.41) is 0. The zero-order valence-electron chi connectivity index (χ0n) is 8.74. The average molecular weight is 187 g/mol. The van der Waals surface area contributed by atoms with Crippen molar-refractivity contribution in [1.82, 2.24) is 0 Å². The average Bonchev–Trinajstić information content (AvgIpc) is 3.04. The Morgan fingerprint density at radius 1 is 1.50 bits per heavy atom. The second kappa shape index (κ2) is 4.41. The predicted octanol–water partition coefficient (Wildman–Crippen LogP) is 3.30. The zero-order chi connectivity index (χ0) is 9.80. The molecule has 1 heteroatoms. The van der Waals surface area contributed by atoms with Crippen molar-refractivity contribution in [3.8, 4) is 0 Å². The highest BCUT2D eigenvalue weighted by atomic mass is 14.7. The molecule has 0 heterocycles. The molecule has 14 heavy (non-hydrogen) atoms. The number of hydrogen-bond donors (Lipinski definition) is 0. The van der Waals surface area contributed by atoms with E-state index in [1.807, 2.05) is 0 Å². The smallest absolute Gasteiger partial charge is 0.0361 e. The standard InChI is InChI=1S/C13H17N/c1-2-14-10-13(12-8-9-12)11-6-4-3-5-7-11/h3-6,10,12H,2,7-9H2,1H3/b13-11+,14-10?. The molecule has 1 nitrogen and oxygen atoms in total. The maximum atomic E-state index is 4.37. The van der Waals surface area contributed by atoms with Gasteiger partial charge in [0.25, 0.3) is 0 Å². The lowest BCUT2D eigenvalue weighted by Crippen LogP contribution is -1.96. The van der Waals surface area contributed by atoms with Gasteiger partial charge in [-0.15, -0.1) is 0 Å². The second-order valence-electron chi connectivity index (χ2n) is 3.87. The van der Waals surface area contributed by atoms with Crippen LogP contribution in [0, 0.1) is 5.92 Å². The monoisotopic (exact) mass is 187 g/mol. The van der Waals surface area contributed by atoms with E-state index in [1.165, 1.54) is 24.0 Å². The van der Waals surface area contributed by atoms with Crippen molar-refractivity contribution >= 4 is 6.21 Å². The molecule has 2 aliphatic rings. The maximum absolute atomic E-state index is 4.37. The minimum absolute atomic E-state index is 0.802. The summed E-state index contributed by atoms with van der Waals surface area (Å²) >= 11 is 0. The minimum Gasteiger partial charge on any atom is -0.293 e. The molecular weight excluding hydrogens is 170 g/mol. The fourth-order valence-electron chi connectivity index (χ4n) is 1.76. The molecule has 0 saturated heterocycles. The molecule has 0 spiro atoms. The molecule has 0 aliphatic heterocycles. The quantitative estimate of drug-likeness (QED) is 0.601. The second-order valence-corrected chi connectivity index (χ2v) is 3.87. The van der Waals surface area contributed by atoms with Crippen LogP contribution in [0.25, 0.3) is 0 Å². The molecule has 0 radical (unpaired) electrons. The molecule has 0 amide bonds. The Morgan fingerprint density at radius 3 is 2.93 bits per heavy atom. The number of allylic oxidation sites excluding steroid dienone is 6. The fraction of sp³-hybridized carbons (Fsp3) is 0.462. The van der Waals surface area contributed by atoms with Crippen molar-refractivity contribution in [3.05, 3.63) is 35.5 Å². The number of nitrogens with zero attached hydrogens (tertiary/aromatic N) is 1. The van der Waals surface area contributed by atoms with Gasteiger partial charge < -0.3 is 0 Å². The highest BCUT2D eigenvalue weighted by molar-refractivity contribution is 5.82. The van der Waals surface area contributed by atoms with Gasteiger partial charge in [0, 0.05) is 12.8 Å². The Bertz CT molecular complexity index is 314. The number of aliphatic imine (C=N–C) groups is 1. The van der Waals surface area contributed by atoms with Crippen LogP contribution in [0.15, 0.2) is 40.4 Å². The molecular formula is C13H17N. The Hall–Kier alpha value is -1.11. The third-order valence-corrected chi connectivity index (χ3v) is 2.68. The Morgan fingerprint density at radius 2 is 2.36 bits per heavy atom. The first-order valence-electron chi connectivity index (χ1n) is 5.48. The van der Waals surface area contributed by atoms with E-state index in [1.54, 1.807) is 0 Å². The molecule has 0 unspecified atom stereocenters. The van der Waals surface area contributed by atoms with Gasteiger partial charge in [-0.05, 0) is 43.3 Å². The van der Waals surface area contributed by atoms with Gasteiger partial charge in [0.1, 0.15) is 0 Å². The van der Waals surface area contributed by atoms with E-state index in [-0.39, 0.29) is 0 Å². The van der Waals surface area contributed by atoms with Gasteiger partial charge in [0.05, 0.1) is 0 Å². The van der Waals surface area contributed by atoms with Gasteiger partial charge in [0.15, 0.2) is 0 Å². The van der Waals surface area contributed by atoms with Gasteiger partial charge in [-0.3, -0.25) is 4.99 Å². The lowest BCUT2D eigenvalue weighted by atomic mass is 9.99. The van der Waals surface area contributed by atoms with Gasteiger partial charge in [-0.25, -0.2) is 0 Å². The van der Waals surface area contributed by atoms with E-state index in [4.69, 9.17) is 0 Å². The molecule has 2 aliphatic carbocycles. The SMILES string of the molecule is CCN=C/C(=C1/C=CC=CC1)C1CC1. The molecule has 0 bridgehead atoms. The van der Waals surface area contributed by atoms with Crippen LogP contribution in [-0.2, 0) is 0 Å². The van der Waals surface area contributed by atoms with Crippen LogP contribution < -0.4 is 0 Å². The van der Waals surface area contributed by atoms with Crippen LogP contribution in [0.4, 0.5) is 0 Å². The molecule has 0 atom stereocenters. The van der Waals surface area contributed by atoms with E-state index < -0.39 is 0 Å². The van der Waals surface area contributed by atoms with E-state index in [0.29, 0.717) is 0 Å². The third kappa shape index (κ3) is 2.22. The van der Waals surface area contributed by atoms with Crippen LogP contribution in [0.3, 0.4) is 0 Å². The van der Waals surface area contributed by atoms with E-state index in [2.05, 4.69) is 42.4 Å². The van der Waals surface area contributed by atoms with Gasteiger partial charge in [-0.1, -0.05) is 24.3 Å². The van der Waals surface area contributed by atoms with Gasteiger partial charge in [0.2, 0.25) is 0 Å². The van der Waals surface area contributed by atoms with Crippen LogP contribution in [0.5, 0.6) is 0 Å². The normalized spacial score (nSPS) is 24.6. The van der Waals surface area contributed by atoms with Crippen LogP contribution in [-0.4, -0.2) is 12.8 Å².